The molecule has 11 heavy (non-hydrogen) atoms. The van der Waals surface area contributed by atoms with Crippen molar-refractivity contribution in [1.29, 1.82) is 0 Å². The SMILES string of the molecule is Nc1[nH]nc2nc(Cl)cnc12. The number of halogens is 1. The van der Waals surface area contributed by atoms with Crippen LogP contribution >= 0.6 is 11.6 Å². The van der Waals surface area contributed by atoms with Gasteiger partial charge in [0.1, 0.15) is 11.0 Å². The highest BCUT2D eigenvalue weighted by molar-refractivity contribution is 6.29. The largest absolute Gasteiger partial charge is 0.382 e. The molecule has 3 N–H and O–H groups in total. The van der Waals surface area contributed by atoms with Gasteiger partial charge in [-0.1, -0.05) is 11.6 Å². The molecule has 0 saturated heterocycles. The smallest absolute Gasteiger partial charge is 0.203 e. The van der Waals surface area contributed by atoms with E-state index in [-0.39, 0.29) is 0 Å². The third-order valence-corrected chi connectivity index (χ3v) is 1.44. The molecule has 56 valence electrons. The second-order valence-corrected chi connectivity index (χ2v) is 2.39. The van der Waals surface area contributed by atoms with Crippen LogP contribution in [0.15, 0.2) is 6.20 Å². The molecule has 0 fully saturated rings. The van der Waals surface area contributed by atoms with Crippen molar-refractivity contribution in [2.24, 2.45) is 0 Å². The molecule has 0 radical (unpaired) electrons. The van der Waals surface area contributed by atoms with Gasteiger partial charge < -0.3 is 5.73 Å². The first-order chi connectivity index (χ1) is 5.27. The fourth-order valence-corrected chi connectivity index (χ4v) is 0.921. The summed E-state index contributed by atoms with van der Waals surface area (Å²) in [6, 6.07) is 0. The number of nitrogens with two attached hydrogens (primary N) is 1. The number of hydrogen-bond donors (Lipinski definition) is 2. The van der Waals surface area contributed by atoms with E-state index in [1.165, 1.54) is 6.20 Å². The number of rotatable bonds is 0. The first-order valence-corrected chi connectivity index (χ1v) is 3.27. The van der Waals surface area contributed by atoms with E-state index in [9.17, 15) is 0 Å². The maximum atomic E-state index is 5.56. The zero-order valence-corrected chi connectivity index (χ0v) is 6.13. The van der Waals surface area contributed by atoms with Crippen LogP contribution in [0.5, 0.6) is 0 Å². The zero-order chi connectivity index (χ0) is 7.84. The number of hydrogen-bond acceptors (Lipinski definition) is 4. The highest BCUT2D eigenvalue weighted by Crippen LogP contribution is 2.13. The van der Waals surface area contributed by atoms with E-state index in [4.69, 9.17) is 17.3 Å². The molecule has 0 spiro atoms. The minimum Gasteiger partial charge on any atom is -0.382 e. The Morgan fingerprint density at radius 2 is 2.36 bits per heavy atom. The lowest BCUT2D eigenvalue weighted by atomic mass is 10.5. The molecule has 2 heterocycles. The van der Waals surface area contributed by atoms with Crippen LogP contribution in [-0.4, -0.2) is 20.2 Å². The maximum absolute atomic E-state index is 5.56. The van der Waals surface area contributed by atoms with Gasteiger partial charge in [-0.2, -0.15) is 5.10 Å². The first kappa shape index (κ1) is 6.36. The number of nitrogens with one attached hydrogen (secondary N) is 1. The van der Waals surface area contributed by atoms with Gasteiger partial charge in [-0.3, -0.25) is 5.10 Å². The topological polar surface area (TPSA) is 80.5 Å². The van der Waals surface area contributed by atoms with Crippen LogP contribution in [-0.2, 0) is 0 Å². The van der Waals surface area contributed by atoms with Gasteiger partial charge in [0.2, 0.25) is 5.65 Å². The van der Waals surface area contributed by atoms with Crippen molar-refractivity contribution < 1.29 is 0 Å². The van der Waals surface area contributed by atoms with Gasteiger partial charge in [-0.15, -0.1) is 0 Å². The Morgan fingerprint density at radius 1 is 1.55 bits per heavy atom. The molecule has 0 aliphatic heterocycles. The third kappa shape index (κ3) is 0.894. The maximum Gasteiger partial charge on any atom is 0.203 e. The predicted octanol–water partition coefficient (Wildman–Crippen LogP) is 0.588. The summed E-state index contributed by atoms with van der Waals surface area (Å²) in [6.07, 6.45) is 1.43. The van der Waals surface area contributed by atoms with Gasteiger partial charge in [-0.05, 0) is 0 Å². The lowest BCUT2D eigenvalue weighted by molar-refractivity contribution is 1.10. The Balaban J connectivity index is 2.86. The molecule has 2 aromatic heterocycles. The van der Waals surface area contributed by atoms with Gasteiger partial charge in [0, 0.05) is 0 Å². The first-order valence-electron chi connectivity index (χ1n) is 2.89. The molecule has 2 aromatic rings. The molecule has 0 aliphatic carbocycles. The summed E-state index contributed by atoms with van der Waals surface area (Å²) in [7, 11) is 0. The average Bonchev–Trinajstić information content (AvgIpc) is 2.32. The van der Waals surface area contributed by atoms with Gasteiger partial charge in [-0.25, -0.2) is 9.97 Å². The summed E-state index contributed by atoms with van der Waals surface area (Å²) >= 11 is 5.56. The summed E-state index contributed by atoms with van der Waals surface area (Å²) in [4.78, 5) is 7.80. The summed E-state index contributed by atoms with van der Waals surface area (Å²) in [5, 5.41) is 6.63. The molecule has 5 nitrogen and oxygen atoms in total. The van der Waals surface area contributed by atoms with E-state index in [2.05, 4.69) is 20.2 Å². The fraction of sp³-hybridized carbons (Fsp3) is 0. The summed E-state index contributed by atoms with van der Waals surface area (Å²) in [5.41, 5.74) is 6.45. The fourth-order valence-electron chi connectivity index (χ4n) is 0.793. The Morgan fingerprint density at radius 3 is 3.18 bits per heavy atom. The van der Waals surface area contributed by atoms with Crippen molar-refractivity contribution in [1.82, 2.24) is 20.2 Å². The number of aromatic nitrogens is 4. The number of fused-ring (bicyclic) bond motifs is 1. The van der Waals surface area contributed by atoms with Gasteiger partial charge >= 0.3 is 0 Å². The minimum absolute atomic E-state index is 0.309. The predicted molar refractivity (Wildman–Crippen MR) is 41.1 cm³/mol. The Kier molecular flexibility index (Phi) is 1.19. The van der Waals surface area contributed by atoms with Crippen LogP contribution in [0, 0.1) is 0 Å². The van der Waals surface area contributed by atoms with Gasteiger partial charge in [0.25, 0.3) is 0 Å². The summed E-state index contributed by atoms with van der Waals surface area (Å²) in [5.74, 6) is 0.407. The number of H-pyrrole nitrogens is 1. The molecule has 0 bridgehead atoms. The molecule has 0 atom stereocenters. The van der Waals surface area contributed by atoms with Crippen LogP contribution < -0.4 is 5.73 Å². The Labute approximate surface area is 66.6 Å². The highest BCUT2D eigenvalue weighted by Gasteiger charge is 2.03. The van der Waals surface area contributed by atoms with Crippen LogP contribution in [0.25, 0.3) is 11.2 Å². The van der Waals surface area contributed by atoms with Crippen LogP contribution in [0.3, 0.4) is 0 Å². The van der Waals surface area contributed by atoms with Gasteiger partial charge in [0.15, 0.2) is 5.52 Å². The quantitative estimate of drug-likeness (QED) is 0.605. The summed E-state index contributed by atoms with van der Waals surface area (Å²) < 4.78 is 0. The van der Waals surface area contributed by atoms with Crippen molar-refractivity contribution in [2.75, 3.05) is 5.73 Å². The van der Waals surface area contributed by atoms with E-state index >= 15 is 0 Å². The number of anilines is 1. The molecule has 0 saturated carbocycles. The number of nitrogens with zero attached hydrogens (tertiary/aromatic N) is 3. The number of nitrogen functional groups attached to an aromatic ring is 1. The monoisotopic (exact) mass is 169 g/mol. The van der Waals surface area contributed by atoms with Crippen LogP contribution in [0.2, 0.25) is 5.15 Å². The van der Waals surface area contributed by atoms with E-state index < -0.39 is 0 Å². The van der Waals surface area contributed by atoms with E-state index in [1.807, 2.05) is 0 Å². The van der Waals surface area contributed by atoms with Crippen molar-refractivity contribution in [3.8, 4) is 0 Å². The highest BCUT2D eigenvalue weighted by atomic mass is 35.5. The molecule has 0 aromatic carbocycles. The summed E-state index contributed by atoms with van der Waals surface area (Å²) in [6.45, 7) is 0. The standard InChI is InChI=1S/C5H4ClN5/c6-2-1-8-3-4(7)10-11-5(3)9-2/h1H,(H3,7,9,10,11). The lowest BCUT2D eigenvalue weighted by Gasteiger charge is -1.87. The Hall–Kier alpha value is -1.36. The van der Waals surface area contributed by atoms with E-state index in [0.717, 1.165) is 0 Å². The van der Waals surface area contributed by atoms with Crippen molar-refractivity contribution in [3.05, 3.63) is 11.3 Å². The van der Waals surface area contributed by atoms with Crippen LogP contribution in [0.1, 0.15) is 0 Å². The molecule has 6 heteroatoms. The average molecular weight is 170 g/mol. The third-order valence-electron chi connectivity index (χ3n) is 1.26. The van der Waals surface area contributed by atoms with E-state index in [1.54, 1.807) is 0 Å². The molecular formula is C5H4ClN5. The van der Waals surface area contributed by atoms with Crippen molar-refractivity contribution in [3.63, 3.8) is 0 Å². The van der Waals surface area contributed by atoms with Gasteiger partial charge in [0.05, 0.1) is 6.20 Å². The minimum atomic E-state index is 0.309. The van der Waals surface area contributed by atoms with E-state index in [0.29, 0.717) is 22.1 Å². The molecular weight excluding hydrogens is 166 g/mol. The molecule has 0 amide bonds. The molecule has 0 unspecified atom stereocenters. The number of aromatic amines is 1. The van der Waals surface area contributed by atoms with Crippen LogP contribution in [0.4, 0.5) is 5.82 Å². The lowest BCUT2D eigenvalue weighted by Crippen LogP contribution is -1.86. The van der Waals surface area contributed by atoms with Crippen molar-refractivity contribution in [2.45, 2.75) is 0 Å². The molecule has 2 rings (SSSR count). The second kappa shape index (κ2) is 2.06. The Bertz CT molecular complexity index is 395. The second-order valence-electron chi connectivity index (χ2n) is 2.00. The van der Waals surface area contributed by atoms with Crippen molar-refractivity contribution >= 4 is 28.6 Å². The normalized spacial score (nSPS) is 10.6. The zero-order valence-electron chi connectivity index (χ0n) is 5.37. The molecule has 0 aliphatic rings.